The number of hydrogen-bond donors (Lipinski definition) is 2. The molecule has 0 aliphatic heterocycles. The van der Waals surface area contributed by atoms with Gasteiger partial charge in [0.15, 0.2) is 0 Å². The minimum Gasteiger partial charge on any atom is -0.495 e. The van der Waals surface area contributed by atoms with Gasteiger partial charge in [0.05, 0.1) is 19.3 Å². The smallest absolute Gasteiger partial charge is 0.136 e. The van der Waals surface area contributed by atoms with Gasteiger partial charge in [-0.2, -0.15) is 5.26 Å². The van der Waals surface area contributed by atoms with Gasteiger partial charge in [0.2, 0.25) is 0 Å². The highest BCUT2D eigenvalue weighted by Crippen LogP contribution is 2.19. The number of ether oxygens (including phenoxy) is 2. The van der Waals surface area contributed by atoms with Gasteiger partial charge in [-0.25, -0.2) is 0 Å². The van der Waals surface area contributed by atoms with Crippen molar-refractivity contribution < 1.29 is 14.6 Å². The van der Waals surface area contributed by atoms with Gasteiger partial charge in [-0.3, -0.25) is 0 Å². The Hall–Kier alpha value is -1.61. The van der Waals surface area contributed by atoms with Gasteiger partial charge >= 0.3 is 0 Å². The summed E-state index contributed by atoms with van der Waals surface area (Å²) in [5.41, 5.74) is 1.55. The van der Waals surface area contributed by atoms with Gasteiger partial charge in [0.1, 0.15) is 11.8 Å². The van der Waals surface area contributed by atoms with Crippen LogP contribution in [0.1, 0.15) is 17.5 Å². The predicted molar refractivity (Wildman–Crippen MR) is 71.9 cm³/mol. The molecule has 1 rings (SSSR count). The Balaban J connectivity index is 2.64. The van der Waals surface area contributed by atoms with Crippen LogP contribution >= 0.6 is 0 Å². The molecule has 2 N–H and O–H groups in total. The summed E-state index contributed by atoms with van der Waals surface area (Å²) in [6.45, 7) is 1.31. The van der Waals surface area contributed by atoms with E-state index in [2.05, 4.69) is 11.4 Å². The first-order valence-corrected chi connectivity index (χ1v) is 6.15. The molecule has 0 spiro atoms. The van der Waals surface area contributed by atoms with Crippen molar-refractivity contribution >= 4 is 0 Å². The molecule has 0 amide bonds. The van der Waals surface area contributed by atoms with Crippen molar-refractivity contribution in [1.82, 2.24) is 5.32 Å². The van der Waals surface area contributed by atoms with Crippen molar-refractivity contribution in [3.63, 3.8) is 0 Å². The average Bonchev–Trinajstić information content (AvgIpc) is 2.44. The summed E-state index contributed by atoms with van der Waals surface area (Å²) >= 11 is 0. The number of aliphatic hydroxyl groups excluding tert-OH is 1. The summed E-state index contributed by atoms with van der Waals surface area (Å²) < 4.78 is 10.2. The van der Waals surface area contributed by atoms with Crippen LogP contribution in [0.4, 0.5) is 0 Å². The molecule has 5 heteroatoms. The van der Waals surface area contributed by atoms with Crippen molar-refractivity contribution in [2.45, 2.75) is 19.0 Å². The molecule has 0 aliphatic carbocycles. The van der Waals surface area contributed by atoms with Crippen LogP contribution in [-0.2, 0) is 11.3 Å². The monoisotopic (exact) mass is 264 g/mol. The van der Waals surface area contributed by atoms with E-state index in [1.54, 1.807) is 20.3 Å². The van der Waals surface area contributed by atoms with Crippen LogP contribution in [0.15, 0.2) is 18.2 Å². The third kappa shape index (κ3) is 4.87. The summed E-state index contributed by atoms with van der Waals surface area (Å²) in [6.07, 6.45) is 0.640. The minimum atomic E-state index is 0.108. The Kier molecular flexibility index (Phi) is 6.90. The zero-order valence-electron chi connectivity index (χ0n) is 11.3. The van der Waals surface area contributed by atoms with Crippen LogP contribution in [0, 0.1) is 11.3 Å². The summed E-state index contributed by atoms with van der Waals surface area (Å²) in [7, 11) is 3.18. The van der Waals surface area contributed by atoms with E-state index in [1.165, 1.54) is 0 Å². The predicted octanol–water partition coefficient (Wildman–Crippen LogP) is 1.05. The van der Waals surface area contributed by atoms with Crippen LogP contribution in [0.5, 0.6) is 5.75 Å². The zero-order chi connectivity index (χ0) is 14.1. The van der Waals surface area contributed by atoms with Crippen molar-refractivity contribution in [2.24, 2.45) is 0 Å². The highest BCUT2D eigenvalue weighted by Gasteiger charge is 2.08. The molecule has 19 heavy (non-hydrogen) atoms. The van der Waals surface area contributed by atoms with E-state index in [9.17, 15) is 0 Å². The third-order valence-corrected chi connectivity index (χ3v) is 2.83. The fourth-order valence-corrected chi connectivity index (χ4v) is 1.80. The van der Waals surface area contributed by atoms with Crippen LogP contribution in [0.3, 0.4) is 0 Å². The van der Waals surface area contributed by atoms with Crippen LogP contribution in [0.25, 0.3) is 0 Å². The number of aliphatic hydroxyl groups is 1. The number of rotatable bonds is 8. The van der Waals surface area contributed by atoms with Gasteiger partial charge in [0.25, 0.3) is 0 Å². The van der Waals surface area contributed by atoms with Crippen LogP contribution in [-0.4, -0.2) is 38.6 Å². The van der Waals surface area contributed by atoms with E-state index in [-0.39, 0.29) is 12.6 Å². The lowest BCUT2D eigenvalue weighted by molar-refractivity contribution is 0.148. The Morgan fingerprint density at radius 2 is 2.21 bits per heavy atom. The minimum absolute atomic E-state index is 0.108. The normalized spacial score (nSPS) is 11.9. The zero-order valence-corrected chi connectivity index (χ0v) is 11.3. The first kappa shape index (κ1) is 15.4. The van der Waals surface area contributed by atoms with Crippen LogP contribution < -0.4 is 10.1 Å². The van der Waals surface area contributed by atoms with E-state index < -0.39 is 0 Å². The quantitative estimate of drug-likeness (QED) is 0.734. The maximum Gasteiger partial charge on any atom is 0.136 e. The second-order valence-corrected chi connectivity index (χ2v) is 4.19. The van der Waals surface area contributed by atoms with Gasteiger partial charge in [-0.1, -0.05) is 6.07 Å². The molecule has 0 fully saturated rings. The molecule has 1 atom stereocenters. The van der Waals surface area contributed by atoms with Crippen molar-refractivity contribution in [1.29, 1.82) is 5.26 Å². The molecule has 0 saturated carbocycles. The molecule has 0 radical (unpaired) electrons. The fraction of sp³-hybridized carbons (Fsp3) is 0.500. The Morgan fingerprint density at radius 3 is 2.79 bits per heavy atom. The van der Waals surface area contributed by atoms with Gasteiger partial charge in [0, 0.05) is 26.3 Å². The number of benzene rings is 1. The summed E-state index contributed by atoms with van der Waals surface area (Å²) in [4.78, 5) is 0. The number of nitrogens with zero attached hydrogens (tertiary/aromatic N) is 1. The lowest BCUT2D eigenvalue weighted by atomic mass is 10.1. The summed E-state index contributed by atoms with van der Waals surface area (Å²) in [5.74, 6) is 0.576. The second kappa shape index (κ2) is 8.48. The molecular weight excluding hydrogens is 244 g/mol. The first-order valence-electron chi connectivity index (χ1n) is 6.15. The maximum atomic E-state index is 8.96. The fourth-order valence-electron chi connectivity index (χ4n) is 1.80. The van der Waals surface area contributed by atoms with E-state index in [0.29, 0.717) is 30.9 Å². The third-order valence-electron chi connectivity index (χ3n) is 2.83. The SMILES string of the molecule is COCC(CCO)NCc1ccc(C#N)c(OC)c1. The first-order chi connectivity index (χ1) is 9.24. The number of hydrogen-bond acceptors (Lipinski definition) is 5. The van der Waals surface area contributed by atoms with Gasteiger partial charge in [-0.05, 0) is 24.1 Å². The standard InChI is InChI=1S/C14H20N2O3/c1-18-10-13(5-6-17)16-9-11-3-4-12(8-15)14(7-11)19-2/h3-4,7,13,16-17H,5-6,9-10H2,1-2H3. The highest BCUT2D eigenvalue weighted by molar-refractivity contribution is 5.45. The molecular formula is C14H20N2O3. The van der Waals surface area contributed by atoms with E-state index in [4.69, 9.17) is 19.8 Å². The molecule has 0 aromatic heterocycles. The lowest BCUT2D eigenvalue weighted by Crippen LogP contribution is -2.33. The molecule has 5 nitrogen and oxygen atoms in total. The van der Waals surface area contributed by atoms with Gasteiger partial charge in [-0.15, -0.1) is 0 Å². The maximum absolute atomic E-state index is 8.96. The molecule has 1 unspecified atom stereocenters. The summed E-state index contributed by atoms with van der Waals surface area (Å²) in [5, 5.41) is 21.2. The van der Waals surface area contributed by atoms with E-state index in [0.717, 1.165) is 5.56 Å². The molecule has 1 aromatic rings. The van der Waals surface area contributed by atoms with E-state index in [1.807, 2.05) is 12.1 Å². The molecule has 1 aromatic carbocycles. The highest BCUT2D eigenvalue weighted by atomic mass is 16.5. The molecule has 104 valence electrons. The average molecular weight is 264 g/mol. The van der Waals surface area contributed by atoms with Gasteiger partial charge < -0.3 is 19.9 Å². The molecule has 0 heterocycles. The second-order valence-electron chi connectivity index (χ2n) is 4.19. The molecule has 0 saturated heterocycles. The van der Waals surface area contributed by atoms with Crippen molar-refractivity contribution in [2.75, 3.05) is 27.4 Å². The number of nitriles is 1. The largest absolute Gasteiger partial charge is 0.495 e. The summed E-state index contributed by atoms with van der Waals surface area (Å²) in [6, 6.07) is 7.66. The topological polar surface area (TPSA) is 74.5 Å². The van der Waals surface area contributed by atoms with Crippen LogP contribution in [0.2, 0.25) is 0 Å². The Morgan fingerprint density at radius 1 is 1.42 bits per heavy atom. The molecule has 0 aliphatic rings. The van der Waals surface area contributed by atoms with E-state index >= 15 is 0 Å². The Labute approximate surface area is 113 Å². The number of nitrogens with one attached hydrogen (secondary N) is 1. The van der Waals surface area contributed by atoms with Crippen molar-refractivity contribution in [3.8, 4) is 11.8 Å². The Bertz CT molecular complexity index is 423. The van der Waals surface area contributed by atoms with Crippen molar-refractivity contribution in [3.05, 3.63) is 29.3 Å². The molecule has 0 bridgehead atoms. The lowest BCUT2D eigenvalue weighted by Gasteiger charge is -2.17. The number of methoxy groups -OCH3 is 2.